The summed E-state index contributed by atoms with van der Waals surface area (Å²) in [5, 5.41) is -0.0734. The molecule has 0 saturated heterocycles. The minimum absolute atomic E-state index is 0.0734. The number of hydrogen-bond acceptors (Lipinski definition) is 3. The van der Waals surface area contributed by atoms with Gasteiger partial charge in [0.2, 0.25) is 0 Å². The van der Waals surface area contributed by atoms with Crippen molar-refractivity contribution in [2.24, 2.45) is 5.73 Å². The van der Waals surface area contributed by atoms with E-state index in [9.17, 15) is 13.6 Å². The van der Waals surface area contributed by atoms with Crippen LogP contribution in [0.5, 0.6) is 0 Å². The van der Waals surface area contributed by atoms with Gasteiger partial charge in [0.05, 0.1) is 22.6 Å². The number of hydrogen-bond donors (Lipinski definition) is 1. The summed E-state index contributed by atoms with van der Waals surface area (Å²) in [5.74, 6) is 0.333. The lowest BCUT2D eigenvalue weighted by molar-refractivity contribution is 0.153. The standard InChI is InChI=1S/C17H15F2N3O/c1-10(20)16-21-13-9-5-8-12(15(18)19)14(13)17(23)22(16)11-6-3-2-4-7-11/h2-10,15H,20H2,1H3/t10-/m0/s1. The summed E-state index contributed by atoms with van der Waals surface area (Å²) in [7, 11) is 0. The fourth-order valence-corrected chi connectivity index (χ4v) is 2.59. The number of halogens is 2. The van der Waals surface area contributed by atoms with Crippen molar-refractivity contribution in [2.45, 2.75) is 19.4 Å². The number of nitrogens with two attached hydrogens (primary N) is 1. The molecule has 4 nitrogen and oxygen atoms in total. The largest absolute Gasteiger partial charge is 0.322 e. The van der Waals surface area contributed by atoms with Crippen LogP contribution in [0.1, 0.15) is 30.8 Å². The van der Waals surface area contributed by atoms with Gasteiger partial charge in [-0.25, -0.2) is 13.8 Å². The second-order valence-corrected chi connectivity index (χ2v) is 5.28. The van der Waals surface area contributed by atoms with Crippen LogP contribution in [0.4, 0.5) is 8.78 Å². The Labute approximate surface area is 131 Å². The summed E-state index contributed by atoms with van der Waals surface area (Å²) in [6.07, 6.45) is -2.75. The Kier molecular flexibility index (Phi) is 3.92. The molecule has 23 heavy (non-hydrogen) atoms. The zero-order chi connectivity index (χ0) is 16.6. The van der Waals surface area contributed by atoms with Crippen LogP contribution in [0, 0.1) is 0 Å². The average Bonchev–Trinajstić information content (AvgIpc) is 2.54. The molecule has 0 saturated carbocycles. The van der Waals surface area contributed by atoms with Crippen molar-refractivity contribution in [1.82, 2.24) is 9.55 Å². The van der Waals surface area contributed by atoms with Gasteiger partial charge in [-0.2, -0.15) is 0 Å². The lowest BCUT2D eigenvalue weighted by Crippen LogP contribution is -2.28. The smallest absolute Gasteiger partial charge is 0.266 e. The number of nitrogens with zero attached hydrogens (tertiary/aromatic N) is 2. The summed E-state index contributed by atoms with van der Waals surface area (Å²) in [5.41, 5.74) is 5.86. The minimum atomic E-state index is -2.75. The molecule has 0 spiro atoms. The third-order valence-electron chi connectivity index (χ3n) is 3.61. The van der Waals surface area contributed by atoms with Gasteiger partial charge in [-0.05, 0) is 25.1 Å². The van der Waals surface area contributed by atoms with Crippen LogP contribution in [-0.4, -0.2) is 9.55 Å². The third kappa shape index (κ3) is 2.61. The molecule has 0 fully saturated rings. The van der Waals surface area contributed by atoms with Crippen LogP contribution in [0.3, 0.4) is 0 Å². The maximum Gasteiger partial charge on any atom is 0.266 e. The van der Waals surface area contributed by atoms with Crippen LogP contribution in [0.15, 0.2) is 53.3 Å². The maximum atomic E-state index is 13.3. The summed E-state index contributed by atoms with van der Waals surface area (Å²) in [6, 6.07) is 12.5. The van der Waals surface area contributed by atoms with Gasteiger partial charge in [-0.1, -0.05) is 30.3 Å². The van der Waals surface area contributed by atoms with Crippen LogP contribution >= 0.6 is 0 Å². The summed E-state index contributed by atoms with van der Waals surface area (Å²) < 4.78 is 27.8. The zero-order valence-corrected chi connectivity index (χ0v) is 12.4. The Morgan fingerprint density at radius 2 is 1.78 bits per heavy atom. The molecule has 6 heteroatoms. The SMILES string of the molecule is C[C@H](N)c1nc2cccc(C(F)F)c2c(=O)n1-c1ccccc1. The van der Waals surface area contributed by atoms with Crippen molar-refractivity contribution in [3.05, 3.63) is 70.3 Å². The molecule has 0 amide bonds. The Morgan fingerprint density at radius 3 is 2.39 bits per heavy atom. The third-order valence-corrected chi connectivity index (χ3v) is 3.61. The molecule has 0 unspecified atom stereocenters. The number of aromatic nitrogens is 2. The first-order valence-electron chi connectivity index (χ1n) is 7.15. The molecule has 0 aliphatic heterocycles. The highest BCUT2D eigenvalue weighted by molar-refractivity contribution is 5.82. The van der Waals surface area contributed by atoms with E-state index in [2.05, 4.69) is 4.98 Å². The molecule has 1 heterocycles. The monoisotopic (exact) mass is 315 g/mol. The normalized spacial score (nSPS) is 12.7. The van der Waals surface area contributed by atoms with Crippen molar-refractivity contribution < 1.29 is 8.78 Å². The zero-order valence-electron chi connectivity index (χ0n) is 12.4. The predicted molar refractivity (Wildman–Crippen MR) is 84.9 cm³/mol. The molecule has 1 atom stereocenters. The number of para-hydroxylation sites is 1. The molecule has 0 bridgehead atoms. The first-order chi connectivity index (χ1) is 11.0. The topological polar surface area (TPSA) is 60.9 Å². The van der Waals surface area contributed by atoms with Crippen molar-refractivity contribution in [2.75, 3.05) is 0 Å². The van der Waals surface area contributed by atoms with Gasteiger partial charge in [0.25, 0.3) is 12.0 Å². The van der Waals surface area contributed by atoms with Gasteiger partial charge in [-0.15, -0.1) is 0 Å². The molecular weight excluding hydrogens is 300 g/mol. The summed E-state index contributed by atoms with van der Waals surface area (Å²) in [4.78, 5) is 17.3. The van der Waals surface area contributed by atoms with Gasteiger partial charge in [0, 0.05) is 5.56 Å². The molecule has 3 rings (SSSR count). The van der Waals surface area contributed by atoms with E-state index in [1.165, 1.54) is 16.7 Å². The van der Waals surface area contributed by atoms with Gasteiger partial charge in [0.15, 0.2) is 0 Å². The van der Waals surface area contributed by atoms with Gasteiger partial charge in [-0.3, -0.25) is 9.36 Å². The first kappa shape index (κ1) is 15.3. The molecule has 1 aromatic heterocycles. The van der Waals surface area contributed by atoms with Gasteiger partial charge in [0.1, 0.15) is 5.82 Å². The molecule has 0 radical (unpaired) electrons. The van der Waals surface area contributed by atoms with Crippen LogP contribution < -0.4 is 11.3 Å². The predicted octanol–water partition coefficient (Wildman–Crippen LogP) is 3.34. The van der Waals surface area contributed by atoms with Crippen LogP contribution in [0.25, 0.3) is 16.6 Å². The lowest BCUT2D eigenvalue weighted by atomic mass is 10.1. The molecule has 3 aromatic rings. The van der Waals surface area contributed by atoms with E-state index >= 15 is 0 Å². The molecule has 118 valence electrons. The van der Waals surface area contributed by atoms with Crippen molar-refractivity contribution in [1.29, 1.82) is 0 Å². The Bertz CT molecular complexity index is 905. The molecule has 2 N–H and O–H groups in total. The summed E-state index contributed by atoms with van der Waals surface area (Å²) >= 11 is 0. The Balaban J connectivity index is 2.47. The molecule has 0 aliphatic rings. The van der Waals surface area contributed by atoms with E-state index in [0.29, 0.717) is 11.5 Å². The average molecular weight is 315 g/mol. The van der Waals surface area contributed by atoms with Crippen molar-refractivity contribution in [3.8, 4) is 5.69 Å². The van der Waals surface area contributed by atoms with Gasteiger partial charge < -0.3 is 5.73 Å². The van der Waals surface area contributed by atoms with Crippen molar-refractivity contribution in [3.63, 3.8) is 0 Å². The van der Waals surface area contributed by atoms with Crippen LogP contribution in [-0.2, 0) is 0 Å². The summed E-state index contributed by atoms with van der Waals surface area (Å²) in [6.45, 7) is 1.70. The molecule has 2 aromatic carbocycles. The highest BCUT2D eigenvalue weighted by Crippen LogP contribution is 2.26. The highest BCUT2D eigenvalue weighted by atomic mass is 19.3. The highest BCUT2D eigenvalue weighted by Gasteiger charge is 2.20. The first-order valence-corrected chi connectivity index (χ1v) is 7.15. The van der Waals surface area contributed by atoms with E-state index < -0.39 is 18.0 Å². The fraction of sp³-hybridized carbons (Fsp3) is 0.176. The molecular formula is C17H15F2N3O. The maximum absolute atomic E-state index is 13.3. The molecule has 0 aliphatic carbocycles. The number of rotatable bonds is 3. The quantitative estimate of drug-likeness (QED) is 0.806. The Hall–Kier alpha value is -2.60. The lowest BCUT2D eigenvalue weighted by Gasteiger charge is -2.17. The minimum Gasteiger partial charge on any atom is -0.322 e. The second kappa shape index (κ2) is 5.89. The van der Waals surface area contributed by atoms with Crippen LogP contribution in [0.2, 0.25) is 0 Å². The van der Waals surface area contributed by atoms with Crippen molar-refractivity contribution >= 4 is 10.9 Å². The van der Waals surface area contributed by atoms with E-state index in [0.717, 1.165) is 0 Å². The fourth-order valence-electron chi connectivity index (χ4n) is 2.59. The Morgan fingerprint density at radius 1 is 1.09 bits per heavy atom. The number of fused-ring (bicyclic) bond motifs is 1. The van der Waals surface area contributed by atoms with E-state index in [4.69, 9.17) is 5.73 Å². The van der Waals surface area contributed by atoms with E-state index in [1.807, 2.05) is 0 Å². The second-order valence-electron chi connectivity index (χ2n) is 5.28. The number of benzene rings is 2. The van der Waals surface area contributed by atoms with E-state index in [1.54, 1.807) is 43.3 Å². The number of alkyl halides is 2. The van der Waals surface area contributed by atoms with Gasteiger partial charge >= 0.3 is 0 Å². The van der Waals surface area contributed by atoms with E-state index in [-0.39, 0.29) is 16.5 Å².